The van der Waals surface area contributed by atoms with E-state index in [4.69, 9.17) is 9.47 Å². The molecule has 4 heteroatoms. The van der Waals surface area contributed by atoms with Crippen molar-refractivity contribution in [2.75, 3.05) is 20.8 Å². The van der Waals surface area contributed by atoms with Gasteiger partial charge in [0.05, 0.1) is 18.7 Å². The van der Waals surface area contributed by atoms with Crippen molar-refractivity contribution in [3.63, 3.8) is 0 Å². The normalized spacial score (nSPS) is 19.4. The lowest BCUT2D eigenvalue weighted by atomic mass is 9.99. The molecule has 1 aliphatic rings. The highest BCUT2D eigenvalue weighted by Gasteiger charge is 2.23. The summed E-state index contributed by atoms with van der Waals surface area (Å²) in [5.74, 6) is 1.56. The standard InChI is InChI=1S/C13H18BrNO2/c1-8-9(10-5-4-6-15-10)7-11(16-2)13(17-3)12(8)14/h7,10,15H,4-6H2,1-3H3. The lowest BCUT2D eigenvalue weighted by Crippen LogP contribution is -2.14. The second kappa shape index (κ2) is 5.27. The maximum absolute atomic E-state index is 5.39. The summed E-state index contributed by atoms with van der Waals surface area (Å²) in [5, 5.41) is 3.51. The van der Waals surface area contributed by atoms with Crippen molar-refractivity contribution in [1.82, 2.24) is 5.32 Å². The molecule has 94 valence electrons. The molecule has 2 rings (SSSR count). The maximum Gasteiger partial charge on any atom is 0.175 e. The Kier molecular flexibility index (Phi) is 3.94. The third-order valence-corrected chi connectivity index (χ3v) is 4.29. The van der Waals surface area contributed by atoms with Crippen LogP contribution in [0.25, 0.3) is 0 Å². The molecule has 0 radical (unpaired) electrons. The zero-order chi connectivity index (χ0) is 12.4. The molecule has 1 heterocycles. The number of hydrogen-bond donors (Lipinski definition) is 1. The second-order valence-corrected chi connectivity index (χ2v) is 5.08. The van der Waals surface area contributed by atoms with Gasteiger partial charge in [0.25, 0.3) is 0 Å². The van der Waals surface area contributed by atoms with Gasteiger partial charge < -0.3 is 14.8 Å². The molecule has 3 nitrogen and oxygen atoms in total. The van der Waals surface area contributed by atoms with E-state index in [9.17, 15) is 0 Å². The lowest BCUT2D eigenvalue weighted by Gasteiger charge is -2.19. The van der Waals surface area contributed by atoms with Gasteiger partial charge in [-0.2, -0.15) is 0 Å². The Bertz CT molecular complexity index is 414. The Morgan fingerprint density at radius 2 is 2.12 bits per heavy atom. The summed E-state index contributed by atoms with van der Waals surface area (Å²) in [6.45, 7) is 3.21. The highest BCUT2D eigenvalue weighted by atomic mass is 79.9. The van der Waals surface area contributed by atoms with Gasteiger partial charge in [0.15, 0.2) is 11.5 Å². The van der Waals surface area contributed by atoms with Crippen LogP contribution < -0.4 is 14.8 Å². The number of ether oxygens (including phenoxy) is 2. The summed E-state index contributed by atoms with van der Waals surface area (Å²) in [7, 11) is 3.33. The van der Waals surface area contributed by atoms with Gasteiger partial charge in [-0.3, -0.25) is 0 Å². The number of rotatable bonds is 3. The van der Waals surface area contributed by atoms with Crippen molar-refractivity contribution in [2.24, 2.45) is 0 Å². The smallest absolute Gasteiger partial charge is 0.175 e. The predicted octanol–water partition coefficient (Wildman–Crippen LogP) is 3.20. The molecule has 17 heavy (non-hydrogen) atoms. The first-order valence-corrected chi connectivity index (χ1v) is 6.62. The summed E-state index contributed by atoms with van der Waals surface area (Å²) < 4.78 is 11.8. The molecule has 1 unspecified atom stereocenters. The molecule has 1 aromatic rings. The quantitative estimate of drug-likeness (QED) is 0.930. The highest BCUT2D eigenvalue weighted by molar-refractivity contribution is 9.10. The molecule has 0 bridgehead atoms. The topological polar surface area (TPSA) is 30.5 Å². The summed E-state index contributed by atoms with van der Waals surface area (Å²) in [6.07, 6.45) is 2.42. The maximum atomic E-state index is 5.39. The molecule has 0 aromatic heterocycles. The Morgan fingerprint density at radius 3 is 2.65 bits per heavy atom. The van der Waals surface area contributed by atoms with Gasteiger partial charge in [-0.1, -0.05) is 0 Å². The molecule has 1 aromatic carbocycles. The number of hydrogen-bond acceptors (Lipinski definition) is 3. The van der Waals surface area contributed by atoms with Crippen molar-refractivity contribution >= 4 is 15.9 Å². The van der Waals surface area contributed by atoms with E-state index in [0.29, 0.717) is 6.04 Å². The number of methoxy groups -OCH3 is 2. The fourth-order valence-electron chi connectivity index (χ4n) is 2.37. The Balaban J connectivity index is 2.49. The van der Waals surface area contributed by atoms with E-state index in [0.717, 1.165) is 22.5 Å². The second-order valence-electron chi connectivity index (χ2n) is 4.29. The molecule has 1 N–H and O–H groups in total. The number of nitrogens with one attached hydrogen (secondary N) is 1. The van der Waals surface area contributed by atoms with Crippen LogP contribution in [0.5, 0.6) is 11.5 Å². The molecule has 0 aliphatic carbocycles. The summed E-state index contributed by atoms with van der Waals surface area (Å²) in [5.41, 5.74) is 2.52. The van der Waals surface area contributed by atoms with E-state index in [2.05, 4.69) is 34.2 Å². The largest absolute Gasteiger partial charge is 0.493 e. The van der Waals surface area contributed by atoms with E-state index in [-0.39, 0.29) is 0 Å². The van der Waals surface area contributed by atoms with E-state index >= 15 is 0 Å². The van der Waals surface area contributed by atoms with Gasteiger partial charge in [-0.15, -0.1) is 0 Å². The molecule has 1 aliphatic heterocycles. The monoisotopic (exact) mass is 299 g/mol. The number of benzene rings is 1. The Hall–Kier alpha value is -0.740. The van der Waals surface area contributed by atoms with Crippen LogP contribution in [0.1, 0.15) is 30.0 Å². The average molecular weight is 300 g/mol. The van der Waals surface area contributed by atoms with Crippen LogP contribution in [0.3, 0.4) is 0 Å². The molecule has 0 amide bonds. The summed E-state index contributed by atoms with van der Waals surface area (Å²) >= 11 is 3.60. The van der Waals surface area contributed by atoms with Gasteiger partial charge in [0.2, 0.25) is 0 Å². The third kappa shape index (κ3) is 2.29. The lowest BCUT2D eigenvalue weighted by molar-refractivity contribution is 0.351. The van der Waals surface area contributed by atoms with Gasteiger partial charge in [0, 0.05) is 6.04 Å². The minimum atomic E-state index is 0.436. The minimum absolute atomic E-state index is 0.436. The molecule has 1 saturated heterocycles. The van der Waals surface area contributed by atoms with Crippen molar-refractivity contribution in [3.05, 3.63) is 21.7 Å². The number of halogens is 1. The predicted molar refractivity (Wildman–Crippen MR) is 72.0 cm³/mol. The van der Waals surface area contributed by atoms with Crippen LogP contribution >= 0.6 is 15.9 Å². The SMILES string of the molecule is COc1cc(C2CCCN2)c(C)c(Br)c1OC. The van der Waals surface area contributed by atoms with Crippen molar-refractivity contribution in [3.8, 4) is 11.5 Å². The molecule has 1 fully saturated rings. The van der Waals surface area contributed by atoms with Crippen LogP contribution in [-0.2, 0) is 0 Å². The minimum Gasteiger partial charge on any atom is -0.493 e. The van der Waals surface area contributed by atoms with Crippen LogP contribution in [0.2, 0.25) is 0 Å². The first kappa shape index (κ1) is 12.7. The highest BCUT2D eigenvalue weighted by Crippen LogP contribution is 2.42. The fraction of sp³-hybridized carbons (Fsp3) is 0.538. The van der Waals surface area contributed by atoms with Crippen LogP contribution in [0.4, 0.5) is 0 Å². The first-order valence-electron chi connectivity index (χ1n) is 5.83. The van der Waals surface area contributed by atoms with Gasteiger partial charge in [0.1, 0.15) is 0 Å². The average Bonchev–Trinajstić information content (AvgIpc) is 2.85. The molecular weight excluding hydrogens is 282 g/mol. The van der Waals surface area contributed by atoms with Gasteiger partial charge in [-0.05, 0) is 59.4 Å². The van der Waals surface area contributed by atoms with Crippen molar-refractivity contribution in [2.45, 2.75) is 25.8 Å². The first-order chi connectivity index (χ1) is 8.19. The van der Waals surface area contributed by atoms with Crippen molar-refractivity contribution < 1.29 is 9.47 Å². The molecule has 0 saturated carbocycles. The zero-order valence-corrected chi connectivity index (χ0v) is 12.1. The summed E-state index contributed by atoms with van der Waals surface area (Å²) in [6, 6.07) is 2.52. The van der Waals surface area contributed by atoms with E-state index < -0.39 is 0 Å². The van der Waals surface area contributed by atoms with E-state index in [1.54, 1.807) is 14.2 Å². The van der Waals surface area contributed by atoms with Gasteiger partial charge in [-0.25, -0.2) is 0 Å². The zero-order valence-electron chi connectivity index (χ0n) is 10.5. The molecule has 1 atom stereocenters. The van der Waals surface area contributed by atoms with Crippen LogP contribution in [0.15, 0.2) is 10.5 Å². The Labute approximate surface area is 111 Å². The summed E-state index contributed by atoms with van der Waals surface area (Å²) in [4.78, 5) is 0. The van der Waals surface area contributed by atoms with E-state index in [1.807, 2.05) is 0 Å². The fourth-order valence-corrected chi connectivity index (χ4v) is 2.96. The Morgan fingerprint density at radius 1 is 1.35 bits per heavy atom. The van der Waals surface area contributed by atoms with Gasteiger partial charge >= 0.3 is 0 Å². The van der Waals surface area contributed by atoms with Crippen molar-refractivity contribution in [1.29, 1.82) is 0 Å². The van der Waals surface area contributed by atoms with Crippen LogP contribution in [-0.4, -0.2) is 20.8 Å². The molecule has 0 spiro atoms. The molecular formula is C13H18BrNO2. The third-order valence-electron chi connectivity index (χ3n) is 3.33. The van der Waals surface area contributed by atoms with E-state index in [1.165, 1.54) is 24.0 Å². The van der Waals surface area contributed by atoms with Crippen LogP contribution in [0, 0.1) is 6.92 Å².